The summed E-state index contributed by atoms with van der Waals surface area (Å²) in [5, 5.41) is 3.56. The summed E-state index contributed by atoms with van der Waals surface area (Å²) in [6.45, 7) is 7.42. The normalized spacial score (nSPS) is 11.7. The number of benzene rings is 2. The van der Waals surface area contributed by atoms with Gasteiger partial charge >= 0.3 is 0 Å². The van der Waals surface area contributed by atoms with Gasteiger partial charge in [0.05, 0.1) is 0 Å². The molecule has 0 aromatic heterocycles. The number of nitrogens with one attached hydrogen (secondary N) is 1. The van der Waals surface area contributed by atoms with Gasteiger partial charge in [0.2, 0.25) is 0 Å². The Morgan fingerprint density at radius 2 is 1.57 bits per heavy atom. The van der Waals surface area contributed by atoms with E-state index in [-0.39, 0.29) is 5.54 Å². The molecule has 0 bridgehead atoms. The van der Waals surface area contributed by atoms with Gasteiger partial charge in [-0.05, 0) is 68.8 Å². The quantitative estimate of drug-likeness (QED) is 0.617. The molecule has 0 saturated heterocycles. The van der Waals surface area contributed by atoms with E-state index in [4.69, 9.17) is 0 Å². The standard InChI is InChI=1S/C17H19Br2NS/c1-17(2,3)20-11-12-10-14(19)6-9-16(12)21-15-7-4-13(18)5-8-15/h4-10,20H,11H2,1-3H3. The summed E-state index contributed by atoms with van der Waals surface area (Å²) >= 11 is 8.85. The molecule has 0 radical (unpaired) electrons. The molecule has 112 valence electrons. The Hall–Kier alpha value is -0.290. The number of halogens is 2. The van der Waals surface area contributed by atoms with Crippen LogP contribution in [0.1, 0.15) is 26.3 Å². The summed E-state index contributed by atoms with van der Waals surface area (Å²) < 4.78 is 2.23. The zero-order chi connectivity index (χ0) is 15.5. The molecular weight excluding hydrogens is 410 g/mol. The molecule has 2 aromatic rings. The van der Waals surface area contributed by atoms with Crippen LogP contribution in [0.4, 0.5) is 0 Å². The summed E-state index contributed by atoms with van der Waals surface area (Å²) in [6.07, 6.45) is 0. The van der Waals surface area contributed by atoms with Crippen LogP contribution < -0.4 is 5.32 Å². The summed E-state index contributed by atoms with van der Waals surface area (Å²) in [4.78, 5) is 2.54. The highest BCUT2D eigenvalue weighted by Gasteiger charge is 2.11. The van der Waals surface area contributed by atoms with Crippen molar-refractivity contribution in [2.45, 2.75) is 42.6 Å². The minimum atomic E-state index is 0.113. The molecule has 0 spiro atoms. The van der Waals surface area contributed by atoms with Crippen molar-refractivity contribution >= 4 is 43.6 Å². The molecule has 0 aliphatic rings. The lowest BCUT2D eigenvalue weighted by atomic mass is 10.1. The summed E-state index contributed by atoms with van der Waals surface area (Å²) in [5.74, 6) is 0. The molecule has 0 amide bonds. The second-order valence-corrected chi connectivity index (χ2v) is 8.86. The van der Waals surface area contributed by atoms with Crippen molar-refractivity contribution in [1.29, 1.82) is 0 Å². The average molecular weight is 429 g/mol. The first kappa shape index (κ1) is 17.1. The van der Waals surface area contributed by atoms with Crippen LogP contribution in [0.2, 0.25) is 0 Å². The second kappa shape index (κ2) is 7.32. The largest absolute Gasteiger partial charge is 0.308 e. The molecular formula is C17H19Br2NS. The maximum absolute atomic E-state index is 3.57. The van der Waals surface area contributed by atoms with E-state index in [9.17, 15) is 0 Å². The van der Waals surface area contributed by atoms with Crippen molar-refractivity contribution in [1.82, 2.24) is 5.32 Å². The van der Waals surface area contributed by atoms with Gasteiger partial charge in [0, 0.05) is 30.8 Å². The van der Waals surface area contributed by atoms with Gasteiger partial charge in [-0.15, -0.1) is 0 Å². The van der Waals surface area contributed by atoms with Gasteiger partial charge in [-0.1, -0.05) is 43.6 Å². The van der Waals surface area contributed by atoms with Crippen LogP contribution in [0.3, 0.4) is 0 Å². The summed E-state index contributed by atoms with van der Waals surface area (Å²) in [6, 6.07) is 14.9. The Kier molecular flexibility index (Phi) is 5.95. The number of hydrogen-bond donors (Lipinski definition) is 1. The van der Waals surface area contributed by atoms with Crippen LogP contribution in [0.25, 0.3) is 0 Å². The number of hydrogen-bond acceptors (Lipinski definition) is 2. The predicted octanol–water partition coefficient (Wildman–Crippen LogP) is 6.25. The molecule has 1 nitrogen and oxygen atoms in total. The van der Waals surface area contributed by atoms with Crippen molar-refractivity contribution < 1.29 is 0 Å². The first-order chi connectivity index (χ1) is 9.83. The minimum Gasteiger partial charge on any atom is -0.308 e. The number of rotatable bonds is 4. The molecule has 0 heterocycles. The Morgan fingerprint density at radius 3 is 2.19 bits per heavy atom. The average Bonchev–Trinajstić information content (AvgIpc) is 2.40. The van der Waals surface area contributed by atoms with E-state index in [0.717, 1.165) is 15.5 Å². The lowest BCUT2D eigenvalue weighted by Gasteiger charge is -2.21. The maximum Gasteiger partial charge on any atom is 0.0221 e. The van der Waals surface area contributed by atoms with E-state index >= 15 is 0 Å². The fraction of sp³-hybridized carbons (Fsp3) is 0.294. The molecule has 0 aliphatic heterocycles. The Labute approximate surface area is 148 Å². The molecule has 2 rings (SSSR count). The fourth-order valence-electron chi connectivity index (χ4n) is 1.78. The molecule has 0 aliphatic carbocycles. The smallest absolute Gasteiger partial charge is 0.0221 e. The third-order valence-electron chi connectivity index (χ3n) is 2.87. The predicted molar refractivity (Wildman–Crippen MR) is 99.0 cm³/mol. The van der Waals surface area contributed by atoms with Gasteiger partial charge in [-0.2, -0.15) is 0 Å². The van der Waals surface area contributed by atoms with Crippen LogP contribution >= 0.6 is 43.6 Å². The van der Waals surface area contributed by atoms with E-state index in [1.807, 2.05) is 0 Å². The van der Waals surface area contributed by atoms with Gasteiger partial charge in [-0.25, -0.2) is 0 Å². The van der Waals surface area contributed by atoms with E-state index in [2.05, 4.69) is 100 Å². The Balaban J connectivity index is 2.20. The van der Waals surface area contributed by atoms with Crippen molar-refractivity contribution in [3.05, 3.63) is 57.0 Å². The van der Waals surface area contributed by atoms with Gasteiger partial charge in [0.25, 0.3) is 0 Å². The van der Waals surface area contributed by atoms with Crippen LogP contribution in [-0.4, -0.2) is 5.54 Å². The molecule has 0 fully saturated rings. The van der Waals surface area contributed by atoms with Crippen LogP contribution in [-0.2, 0) is 6.54 Å². The first-order valence-corrected chi connectivity index (χ1v) is 9.21. The lowest BCUT2D eigenvalue weighted by Crippen LogP contribution is -2.35. The van der Waals surface area contributed by atoms with Crippen molar-refractivity contribution in [3.8, 4) is 0 Å². The monoisotopic (exact) mass is 427 g/mol. The van der Waals surface area contributed by atoms with Gasteiger partial charge in [0.15, 0.2) is 0 Å². The zero-order valence-electron chi connectivity index (χ0n) is 12.4. The third-order valence-corrected chi connectivity index (χ3v) is 5.02. The molecule has 0 saturated carbocycles. The van der Waals surface area contributed by atoms with Gasteiger partial charge in [0.1, 0.15) is 0 Å². The van der Waals surface area contributed by atoms with Crippen LogP contribution in [0.15, 0.2) is 61.2 Å². The highest BCUT2D eigenvalue weighted by atomic mass is 79.9. The SMILES string of the molecule is CC(C)(C)NCc1cc(Br)ccc1Sc1ccc(Br)cc1. The molecule has 2 aromatic carbocycles. The van der Waals surface area contributed by atoms with Crippen molar-refractivity contribution in [2.24, 2.45) is 0 Å². The maximum atomic E-state index is 3.57. The van der Waals surface area contributed by atoms with E-state index in [1.54, 1.807) is 11.8 Å². The molecule has 21 heavy (non-hydrogen) atoms. The van der Waals surface area contributed by atoms with E-state index in [0.29, 0.717) is 0 Å². The molecule has 1 N–H and O–H groups in total. The molecule has 0 atom stereocenters. The lowest BCUT2D eigenvalue weighted by molar-refractivity contribution is 0.422. The van der Waals surface area contributed by atoms with Crippen molar-refractivity contribution in [2.75, 3.05) is 0 Å². The van der Waals surface area contributed by atoms with E-state index in [1.165, 1.54) is 15.4 Å². The topological polar surface area (TPSA) is 12.0 Å². The Bertz CT molecular complexity index is 603. The fourth-order valence-corrected chi connectivity index (χ4v) is 3.37. The zero-order valence-corrected chi connectivity index (χ0v) is 16.4. The molecule has 0 unspecified atom stereocenters. The van der Waals surface area contributed by atoms with Crippen LogP contribution in [0.5, 0.6) is 0 Å². The van der Waals surface area contributed by atoms with Gasteiger partial charge < -0.3 is 5.32 Å². The second-order valence-electron chi connectivity index (χ2n) is 5.91. The summed E-state index contributed by atoms with van der Waals surface area (Å²) in [5.41, 5.74) is 1.43. The summed E-state index contributed by atoms with van der Waals surface area (Å²) in [7, 11) is 0. The van der Waals surface area contributed by atoms with Crippen LogP contribution in [0, 0.1) is 0 Å². The highest BCUT2D eigenvalue weighted by Crippen LogP contribution is 2.33. The van der Waals surface area contributed by atoms with E-state index < -0.39 is 0 Å². The highest BCUT2D eigenvalue weighted by molar-refractivity contribution is 9.10. The van der Waals surface area contributed by atoms with Gasteiger partial charge in [-0.3, -0.25) is 0 Å². The van der Waals surface area contributed by atoms with Crippen molar-refractivity contribution in [3.63, 3.8) is 0 Å². The third kappa shape index (κ3) is 5.78. The Morgan fingerprint density at radius 1 is 0.952 bits per heavy atom. The minimum absolute atomic E-state index is 0.113. The molecule has 4 heteroatoms. The first-order valence-electron chi connectivity index (χ1n) is 6.80.